The Morgan fingerprint density at radius 1 is 1.50 bits per heavy atom. The maximum atomic E-state index is 5.18. The molecule has 0 radical (unpaired) electrons. The van der Waals surface area contributed by atoms with E-state index >= 15 is 0 Å². The van der Waals surface area contributed by atoms with Gasteiger partial charge in [0.1, 0.15) is 5.82 Å². The van der Waals surface area contributed by atoms with Gasteiger partial charge in [-0.25, -0.2) is 0 Å². The largest absolute Gasteiger partial charge is 0.383 e. The number of hydrogen-bond acceptors (Lipinski definition) is 4. The highest BCUT2D eigenvalue weighted by Gasteiger charge is 2.23. The van der Waals surface area contributed by atoms with E-state index in [1.54, 1.807) is 7.11 Å². The van der Waals surface area contributed by atoms with E-state index in [9.17, 15) is 0 Å². The first kappa shape index (κ1) is 13.4. The summed E-state index contributed by atoms with van der Waals surface area (Å²) in [5, 5.41) is 7.06. The summed E-state index contributed by atoms with van der Waals surface area (Å²) in [6.45, 7) is 7.43. The summed E-state index contributed by atoms with van der Waals surface area (Å²) in [6.07, 6.45) is 4.26. The van der Waals surface area contributed by atoms with Gasteiger partial charge in [0.2, 0.25) is 0 Å². The molecule has 5 heteroatoms. The molecule has 18 heavy (non-hydrogen) atoms. The molecule has 1 aliphatic heterocycles. The van der Waals surface area contributed by atoms with E-state index in [0.29, 0.717) is 6.04 Å². The van der Waals surface area contributed by atoms with Crippen molar-refractivity contribution in [3.63, 3.8) is 0 Å². The Balaban J connectivity index is 1.81. The highest BCUT2D eigenvalue weighted by molar-refractivity contribution is 5.36. The van der Waals surface area contributed by atoms with Crippen LogP contribution in [0.4, 0.5) is 5.82 Å². The second-order valence-electron chi connectivity index (χ2n) is 4.78. The number of H-pyrrole nitrogens is 1. The van der Waals surface area contributed by atoms with Gasteiger partial charge in [0.25, 0.3) is 0 Å². The molecule has 1 N–H and O–H groups in total. The normalized spacial score (nSPS) is 17.6. The van der Waals surface area contributed by atoms with E-state index in [4.69, 9.17) is 4.74 Å². The van der Waals surface area contributed by atoms with Crippen LogP contribution in [0, 0.1) is 0 Å². The molecular formula is C13H24N4O. The lowest BCUT2D eigenvalue weighted by atomic mass is 10.0. The number of aromatic amines is 1. The number of aromatic nitrogens is 2. The van der Waals surface area contributed by atoms with Crippen LogP contribution in [-0.2, 0) is 4.74 Å². The number of hydrogen-bond donors (Lipinski definition) is 1. The van der Waals surface area contributed by atoms with Crippen molar-refractivity contribution < 1.29 is 4.74 Å². The van der Waals surface area contributed by atoms with Crippen LogP contribution in [0.2, 0.25) is 0 Å². The zero-order valence-corrected chi connectivity index (χ0v) is 11.4. The van der Waals surface area contributed by atoms with E-state index in [2.05, 4.69) is 26.9 Å². The molecule has 1 aromatic rings. The fourth-order valence-electron chi connectivity index (χ4n) is 2.70. The Bertz CT molecular complexity index is 320. The minimum Gasteiger partial charge on any atom is -0.383 e. The fourth-order valence-corrected chi connectivity index (χ4v) is 2.70. The summed E-state index contributed by atoms with van der Waals surface area (Å²) >= 11 is 0. The molecule has 0 saturated carbocycles. The third-order valence-electron chi connectivity index (χ3n) is 3.80. The lowest BCUT2D eigenvalue weighted by Crippen LogP contribution is -2.46. The minimum atomic E-state index is 0.698. The van der Waals surface area contributed by atoms with E-state index in [1.165, 1.54) is 12.8 Å². The monoisotopic (exact) mass is 252 g/mol. The standard InChI is InChI=1S/C13H24N4O/c1-3-16(10-11-18-2)12-5-8-17(9-6-12)13-4-7-14-15-13/h4,7,12H,3,5-6,8-11H2,1-2H3,(H,14,15). The molecule has 1 aliphatic rings. The molecule has 102 valence electrons. The van der Waals surface area contributed by atoms with Crippen LogP contribution in [0.3, 0.4) is 0 Å². The molecule has 0 aromatic carbocycles. The third-order valence-corrected chi connectivity index (χ3v) is 3.80. The second-order valence-corrected chi connectivity index (χ2v) is 4.78. The highest BCUT2D eigenvalue weighted by atomic mass is 16.5. The van der Waals surface area contributed by atoms with Crippen LogP contribution in [0.15, 0.2) is 12.3 Å². The van der Waals surface area contributed by atoms with Gasteiger partial charge >= 0.3 is 0 Å². The lowest BCUT2D eigenvalue weighted by Gasteiger charge is -2.38. The zero-order valence-electron chi connectivity index (χ0n) is 11.4. The predicted molar refractivity (Wildman–Crippen MR) is 72.9 cm³/mol. The molecule has 0 unspecified atom stereocenters. The van der Waals surface area contributed by atoms with Crippen LogP contribution in [-0.4, -0.2) is 61.0 Å². The Morgan fingerprint density at radius 2 is 2.28 bits per heavy atom. The molecule has 0 atom stereocenters. The predicted octanol–water partition coefficient (Wildman–Crippen LogP) is 1.35. The second kappa shape index (κ2) is 6.75. The summed E-state index contributed by atoms with van der Waals surface area (Å²) in [5.41, 5.74) is 0. The van der Waals surface area contributed by atoms with Crippen molar-refractivity contribution in [1.29, 1.82) is 0 Å². The SMILES string of the molecule is CCN(CCOC)C1CCN(c2ccn[nH]2)CC1. The van der Waals surface area contributed by atoms with Crippen molar-refractivity contribution in [2.24, 2.45) is 0 Å². The molecule has 0 amide bonds. The van der Waals surface area contributed by atoms with Gasteiger partial charge in [-0.2, -0.15) is 5.10 Å². The number of nitrogens with one attached hydrogen (secondary N) is 1. The average molecular weight is 252 g/mol. The number of anilines is 1. The van der Waals surface area contributed by atoms with Gasteiger partial charge in [-0.3, -0.25) is 10.00 Å². The summed E-state index contributed by atoms with van der Waals surface area (Å²) in [4.78, 5) is 4.92. The molecule has 1 saturated heterocycles. The van der Waals surface area contributed by atoms with E-state index in [-0.39, 0.29) is 0 Å². The van der Waals surface area contributed by atoms with Crippen LogP contribution in [0.1, 0.15) is 19.8 Å². The number of methoxy groups -OCH3 is 1. The van der Waals surface area contributed by atoms with Gasteiger partial charge in [-0.15, -0.1) is 0 Å². The van der Waals surface area contributed by atoms with E-state index in [1.807, 2.05) is 12.3 Å². The summed E-state index contributed by atoms with van der Waals surface area (Å²) in [6, 6.07) is 2.74. The number of likely N-dealkylation sites (N-methyl/N-ethyl adjacent to an activating group) is 1. The van der Waals surface area contributed by atoms with Crippen molar-refractivity contribution in [1.82, 2.24) is 15.1 Å². The molecule has 0 aliphatic carbocycles. The van der Waals surface area contributed by atoms with Crippen molar-refractivity contribution in [3.8, 4) is 0 Å². The Labute approximate surface area is 109 Å². The summed E-state index contributed by atoms with van der Waals surface area (Å²) in [5.74, 6) is 1.15. The molecule has 0 bridgehead atoms. The fraction of sp³-hybridized carbons (Fsp3) is 0.769. The smallest absolute Gasteiger partial charge is 0.123 e. The van der Waals surface area contributed by atoms with Crippen LogP contribution in [0.5, 0.6) is 0 Å². The van der Waals surface area contributed by atoms with Gasteiger partial charge in [0.05, 0.1) is 12.8 Å². The summed E-state index contributed by atoms with van der Waals surface area (Å²) in [7, 11) is 1.77. The topological polar surface area (TPSA) is 44.4 Å². The molecule has 2 heterocycles. The molecule has 5 nitrogen and oxygen atoms in total. The Kier molecular flexibility index (Phi) is 5.01. The minimum absolute atomic E-state index is 0.698. The van der Waals surface area contributed by atoms with Crippen LogP contribution >= 0.6 is 0 Å². The Morgan fingerprint density at radius 3 is 2.83 bits per heavy atom. The highest BCUT2D eigenvalue weighted by Crippen LogP contribution is 2.20. The summed E-state index contributed by atoms with van der Waals surface area (Å²) < 4.78 is 5.18. The number of piperidine rings is 1. The van der Waals surface area contributed by atoms with Crippen LogP contribution in [0.25, 0.3) is 0 Å². The van der Waals surface area contributed by atoms with Crippen molar-refractivity contribution in [3.05, 3.63) is 12.3 Å². The first-order valence-electron chi connectivity index (χ1n) is 6.82. The van der Waals surface area contributed by atoms with Gasteiger partial charge in [-0.1, -0.05) is 6.92 Å². The van der Waals surface area contributed by atoms with Gasteiger partial charge < -0.3 is 9.64 Å². The third kappa shape index (κ3) is 3.23. The maximum absolute atomic E-state index is 5.18. The van der Waals surface area contributed by atoms with Crippen molar-refractivity contribution >= 4 is 5.82 Å². The molecule has 1 aromatic heterocycles. The van der Waals surface area contributed by atoms with Crippen molar-refractivity contribution in [2.45, 2.75) is 25.8 Å². The molecular weight excluding hydrogens is 228 g/mol. The first-order chi connectivity index (χ1) is 8.85. The quantitative estimate of drug-likeness (QED) is 0.830. The molecule has 2 rings (SSSR count). The average Bonchev–Trinajstić information content (AvgIpc) is 2.94. The lowest BCUT2D eigenvalue weighted by molar-refractivity contribution is 0.113. The van der Waals surface area contributed by atoms with E-state index < -0.39 is 0 Å². The first-order valence-corrected chi connectivity index (χ1v) is 6.82. The van der Waals surface area contributed by atoms with Gasteiger partial charge in [0, 0.05) is 38.9 Å². The zero-order chi connectivity index (χ0) is 12.8. The Hall–Kier alpha value is -1.07. The number of ether oxygens (including phenoxy) is 1. The van der Waals surface area contributed by atoms with Gasteiger partial charge in [-0.05, 0) is 19.4 Å². The molecule has 1 fully saturated rings. The van der Waals surface area contributed by atoms with Crippen molar-refractivity contribution in [2.75, 3.05) is 44.8 Å². The molecule has 0 spiro atoms. The number of rotatable bonds is 6. The van der Waals surface area contributed by atoms with E-state index in [0.717, 1.165) is 38.6 Å². The maximum Gasteiger partial charge on any atom is 0.123 e. The van der Waals surface area contributed by atoms with Gasteiger partial charge in [0.15, 0.2) is 0 Å². The number of nitrogens with zero attached hydrogens (tertiary/aromatic N) is 3. The van der Waals surface area contributed by atoms with Crippen LogP contribution < -0.4 is 4.90 Å².